The van der Waals surface area contributed by atoms with Gasteiger partial charge in [0.2, 0.25) is 0 Å². The van der Waals surface area contributed by atoms with E-state index >= 15 is 0 Å². The van der Waals surface area contributed by atoms with Crippen LogP contribution in [0.1, 0.15) is 135 Å². The van der Waals surface area contributed by atoms with Gasteiger partial charge in [0.1, 0.15) is 0 Å². The van der Waals surface area contributed by atoms with Gasteiger partial charge >= 0.3 is 0 Å². The Morgan fingerprint density at radius 1 is 0.292 bits per heavy atom. The Labute approximate surface area is 303 Å². The van der Waals surface area contributed by atoms with Crippen molar-refractivity contribution < 1.29 is 72.4 Å². The highest BCUT2D eigenvalue weighted by molar-refractivity contribution is 5.92. The lowest BCUT2D eigenvalue weighted by Crippen LogP contribution is -1.86. The third-order valence-corrected chi connectivity index (χ3v) is 1.80. The van der Waals surface area contributed by atoms with Crippen LogP contribution in [-0.2, 0) is 14.4 Å². The summed E-state index contributed by atoms with van der Waals surface area (Å²) in [7, 11) is 6.00. The number of aliphatic hydroxyl groups excluding tert-OH is 6. The molecule has 14 nitrogen and oxygen atoms in total. The minimum Gasteiger partial charge on any atom is -0.412 e. The number of carbonyl (C=O) groups is 3. The molecule has 0 aromatic carbocycles. The van der Waals surface area contributed by atoms with Gasteiger partial charge in [0.05, 0.1) is 0 Å². The zero-order chi connectivity index (χ0) is 33.5. The van der Waals surface area contributed by atoms with Crippen molar-refractivity contribution in [2.24, 2.45) is 0 Å². The SMILES string of the molecule is C.C.C.C.C.C.C.C=C(C)C(C)=O.C=C(C)C(C)=O.C=C(C)C(C)=O.CC.CC.CC.CO.CO.CO.CO.CO.CO.O.O.O.O.O. The molecule has 0 bridgehead atoms. The molecule has 0 amide bonds. The molecule has 16 N–H and O–H groups in total. The van der Waals surface area contributed by atoms with E-state index in [0.29, 0.717) is 16.7 Å². The minimum atomic E-state index is 0. The predicted molar refractivity (Wildman–Crippen MR) is 225 cm³/mol. The van der Waals surface area contributed by atoms with Crippen molar-refractivity contribution in [1.82, 2.24) is 0 Å². The maximum atomic E-state index is 10.0. The molecule has 0 aliphatic carbocycles. The molecule has 0 saturated carbocycles. The lowest BCUT2D eigenvalue weighted by atomic mass is 10.3. The number of ketones is 3. The van der Waals surface area contributed by atoms with Crippen LogP contribution in [0.25, 0.3) is 0 Å². The highest BCUT2D eigenvalue weighted by Crippen LogP contribution is 1.85. The molecule has 0 heterocycles. The fourth-order valence-corrected chi connectivity index (χ4v) is 0. The second-order valence-corrected chi connectivity index (χ2v) is 4.01. The molecule has 0 aromatic rings. The highest BCUT2D eigenvalue weighted by atomic mass is 16.2. The summed E-state index contributed by atoms with van der Waals surface area (Å²) in [4.78, 5) is 30.1. The molecule has 0 aromatic heterocycles. The van der Waals surface area contributed by atoms with E-state index in [1.54, 1.807) is 20.8 Å². The maximum absolute atomic E-state index is 10.0. The third-order valence-electron chi connectivity index (χ3n) is 1.80. The third kappa shape index (κ3) is 837. The topological polar surface area (TPSA) is 330 Å². The second kappa shape index (κ2) is 344. The normalized spacial score (nSPS) is 4.00. The quantitative estimate of drug-likeness (QED) is 0.222. The molecule has 0 radical (unpaired) electrons. The van der Waals surface area contributed by atoms with Gasteiger partial charge in [-0.15, -0.1) is 0 Å². The lowest BCUT2D eigenvalue weighted by molar-refractivity contribution is -0.114. The zero-order valence-electron chi connectivity index (χ0n) is 29.5. The van der Waals surface area contributed by atoms with Gasteiger partial charge < -0.3 is 58.0 Å². The van der Waals surface area contributed by atoms with E-state index in [1.807, 2.05) is 41.5 Å². The average molecular weight is 737 g/mol. The monoisotopic (exact) mass is 737 g/mol. The Morgan fingerprint density at radius 2 is 0.312 bits per heavy atom. The molecular weight excluding hydrogens is 632 g/mol. The van der Waals surface area contributed by atoms with E-state index < -0.39 is 0 Å². The lowest BCUT2D eigenvalue weighted by Gasteiger charge is -1.80. The van der Waals surface area contributed by atoms with E-state index in [-0.39, 0.29) is 96.7 Å². The molecule has 324 valence electrons. The molecule has 14 heteroatoms. The number of aliphatic hydroxyl groups is 6. The Kier molecular flexibility index (Phi) is 1390. The summed E-state index contributed by atoms with van der Waals surface area (Å²) in [6.45, 7) is 31.8. The fraction of sp³-hybridized carbons (Fsp3) is 0.735. The van der Waals surface area contributed by atoms with Crippen molar-refractivity contribution in [2.45, 2.75) is 135 Å². The number of Topliss-reactive ketones (excluding diaryl/α,β-unsaturated/α-hetero) is 3. The van der Waals surface area contributed by atoms with Crippen molar-refractivity contribution in [2.75, 3.05) is 42.7 Å². The van der Waals surface area contributed by atoms with Crippen LogP contribution >= 0.6 is 0 Å². The van der Waals surface area contributed by atoms with Gasteiger partial charge in [-0.2, -0.15) is 0 Å². The molecule has 48 heavy (non-hydrogen) atoms. The van der Waals surface area contributed by atoms with Gasteiger partial charge in [-0.25, -0.2) is 0 Å². The number of hydrogen-bond donors (Lipinski definition) is 6. The predicted octanol–water partition coefficient (Wildman–Crippen LogP) is 4.51. The Hall–Kier alpha value is -2.21. The van der Waals surface area contributed by atoms with Gasteiger partial charge in [-0.1, -0.05) is 113 Å². The second-order valence-electron chi connectivity index (χ2n) is 4.01. The number of hydrogen-bond acceptors (Lipinski definition) is 9. The van der Waals surface area contributed by atoms with Crippen molar-refractivity contribution in [3.8, 4) is 0 Å². The molecular formula is C34H104O14. The largest absolute Gasteiger partial charge is 0.412 e. The summed E-state index contributed by atoms with van der Waals surface area (Å²) in [5.74, 6) is 0.194. The van der Waals surface area contributed by atoms with E-state index in [2.05, 4.69) is 19.7 Å². The number of rotatable bonds is 3. The number of allylic oxidation sites excluding steroid dienone is 3. The summed E-state index contributed by atoms with van der Waals surface area (Å²) in [5, 5.41) is 42.0. The van der Waals surface area contributed by atoms with E-state index in [0.717, 1.165) is 42.7 Å². The highest BCUT2D eigenvalue weighted by Gasteiger charge is 1.86. The molecule has 0 spiro atoms. The van der Waals surface area contributed by atoms with Gasteiger partial charge in [-0.05, 0) is 58.3 Å². The van der Waals surface area contributed by atoms with Crippen molar-refractivity contribution in [3.05, 3.63) is 36.5 Å². The standard InChI is InChI=1S/3C5H8O.3C2H6.6CH4O.7CH4.5H2O/c3*1-4(2)5(3)6;9*1-2;;;;;;;;;;;;/h3*1H2,2-3H3;3*1-2H3;6*2H,1H3;7*1H4;5*1H2. The van der Waals surface area contributed by atoms with Crippen LogP contribution < -0.4 is 0 Å². The first kappa shape index (κ1) is 193. The molecule has 0 rings (SSSR count). The van der Waals surface area contributed by atoms with Gasteiger partial charge in [-0.3, -0.25) is 14.4 Å². The smallest absolute Gasteiger partial charge is 0.154 e. The fourth-order valence-electron chi connectivity index (χ4n) is 0. The minimum absolute atomic E-state index is 0. The molecule has 0 aliphatic rings. The average Bonchev–Trinajstić information content (AvgIpc) is 2.95. The van der Waals surface area contributed by atoms with Crippen molar-refractivity contribution >= 4 is 17.3 Å². The molecule has 0 fully saturated rings. The molecule has 0 aliphatic heterocycles. The van der Waals surface area contributed by atoms with Crippen LogP contribution in [0.4, 0.5) is 0 Å². The van der Waals surface area contributed by atoms with Crippen LogP contribution in [0, 0.1) is 0 Å². The van der Waals surface area contributed by atoms with Crippen molar-refractivity contribution in [1.29, 1.82) is 0 Å². The van der Waals surface area contributed by atoms with Crippen molar-refractivity contribution in [3.63, 3.8) is 0 Å². The molecule has 0 unspecified atom stereocenters. The van der Waals surface area contributed by atoms with Crippen LogP contribution in [0.5, 0.6) is 0 Å². The van der Waals surface area contributed by atoms with Gasteiger partial charge in [0.15, 0.2) is 17.3 Å². The first-order valence-electron chi connectivity index (χ1n) is 11.1. The van der Waals surface area contributed by atoms with E-state index in [1.165, 1.54) is 20.8 Å². The van der Waals surface area contributed by atoms with Crippen LogP contribution in [-0.4, -0.2) is 118 Å². The van der Waals surface area contributed by atoms with Gasteiger partial charge in [0, 0.05) is 42.7 Å². The molecule has 0 saturated heterocycles. The van der Waals surface area contributed by atoms with Gasteiger partial charge in [0.25, 0.3) is 0 Å². The first-order chi connectivity index (χ1) is 16.9. The Balaban J connectivity index is -0.00000000603. The zero-order valence-corrected chi connectivity index (χ0v) is 29.5. The summed E-state index contributed by atoms with van der Waals surface area (Å²) < 4.78 is 0. The van der Waals surface area contributed by atoms with Crippen LogP contribution in [0.3, 0.4) is 0 Å². The summed E-state index contributed by atoms with van der Waals surface area (Å²) >= 11 is 0. The summed E-state index contributed by atoms with van der Waals surface area (Å²) in [6, 6.07) is 0. The Bertz CT molecular complexity index is 297. The van der Waals surface area contributed by atoms with Crippen LogP contribution in [0.15, 0.2) is 36.5 Å². The maximum Gasteiger partial charge on any atom is 0.154 e. The number of carbonyl (C=O) groups excluding carboxylic acids is 3. The first-order valence-corrected chi connectivity index (χ1v) is 11.1. The van der Waals surface area contributed by atoms with Crippen LogP contribution in [0.2, 0.25) is 0 Å². The van der Waals surface area contributed by atoms with E-state index in [4.69, 9.17) is 30.6 Å². The Morgan fingerprint density at radius 3 is 0.312 bits per heavy atom. The molecule has 0 atom stereocenters. The summed E-state index contributed by atoms with van der Waals surface area (Å²) in [6.07, 6.45) is 0. The summed E-state index contributed by atoms with van der Waals surface area (Å²) in [5.41, 5.74) is 1.86. The van der Waals surface area contributed by atoms with E-state index in [9.17, 15) is 14.4 Å².